The van der Waals surface area contributed by atoms with Crippen LogP contribution in [0.5, 0.6) is 0 Å². The number of aromatic nitrogens is 2. The molecule has 104 valence electrons. The van der Waals surface area contributed by atoms with Gasteiger partial charge in [-0.2, -0.15) is 5.10 Å². The standard InChI is InChI=1S/C13H26N4O/c1-5-13(3,18-6-2)12(16-14)8-7-11-9-10-15-17(11)4/h9-10,12,16H,5-8,14H2,1-4H3. The van der Waals surface area contributed by atoms with Crippen molar-refractivity contribution in [2.24, 2.45) is 12.9 Å². The molecule has 0 amide bonds. The zero-order chi connectivity index (χ0) is 13.6. The molecule has 5 nitrogen and oxygen atoms in total. The minimum absolute atomic E-state index is 0.136. The van der Waals surface area contributed by atoms with Gasteiger partial charge in [0.05, 0.1) is 11.6 Å². The number of hydrogen-bond donors (Lipinski definition) is 2. The van der Waals surface area contributed by atoms with Crippen molar-refractivity contribution < 1.29 is 4.74 Å². The molecule has 0 fully saturated rings. The molecule has 0 aliphatic rings. The molecule has 2 unspecified atom stereocenters. The van der Waals surface area contributed by atoms with E-state index in [0.29, 0.717) is 6.61 Å². The molecular formula is C13H26N4O. The summed E-state index contributed by atoms with van der Waals surface area (Å²) in [6, 6.07) is 2.18. The van der Waals surface area contributed by atoms with Crippen molar-refractivity contribution in [1.29, 1.82) is 0 Å². The molecule has 0 saturated heterocycles. The lowest BCUT2D eigenvalue weighted by atomic mass is 9.89. The topological polar surface area (TPSA) is 65.1 Å². The fourth-order valence-electron chi connectivity index (χ4n) is 2.28. The average Bonchev–Trinajstić information content (AvgIpc) is 2.76. The Morgan fingerprint density at radius 1 is 1.56 bits per heavy atom. The summed E-state index contributed by atoms with van der Waals surface area (Å²) in [4.78, 5) is 0. The van der Waals surface area contributed by atoms with E-state index < -0.39 is 0 Å². The summed E-state index contributed by atoms with van der Waals surface area (Å²) in [6.07, 6.45) is 4.62. The maximum Gasteiger partial charge on any atom is 0.0817 e. The van der Waals surface area contributed by atoms with Gasteiger partial charge in [-0.25, -0.2) is 0 Å². The smallest absolute Gasteiger partial charge is 0.0817 e. The monoisotopic (exact) mass is 254 g/mol. The van der Waals surface area contributed by atoms with E-state index in [1.165, 1.54) is 5.69 Å². The van der Waals surface area contributed by atoms with Crippen LogP contribution < -0.4 is 11.3 Å². The maximum atomic E-state index is 5.87. The van der Waals surface area contributed by atoms with Crippen LogP contribution in [0.3, 0.4) is 0 Å². The van der Waals surface area contributed by atoms with Crippen LogP contribution in [0.1, 0.15) is 39.3 Å². The van der Waals surface area contributed by atoms with Crippen molar-refractivity contribution in [1.82, 2.24) is 15.2 Å². The molecule has 1 aromatic heterocycles. The van der Waals surface area contributed by atoms with Crippen LogP contribution in [0.2, 0.25) is 0 Å². The minimum Gasteiger partial charge on any atom is -0.374 e. The molecule has 0 saturated carbocycles. The van der Waals surface area contributed by atoms with Crippen LogP contribution in [0.15, 0.2) is 12.3 Å². The number of hydrazine groups is 1. The average molecular weight is 254 g/mol. The Kier molecular flexibility index (Phi) is 5.78. The van der Waals surface area contributed by atoms with Crippen LogP contribution in [-0.4, -0.2) is 28.0 Å². The second-order valence-electron chi connectivity index (χ2n) is 4.80. The molecule has 0 aliphatic carbocycles. The van der Waals surface area contributed by atoms with Crippen molar-refractivity contribution >= 4 is 0 Å². The van der Waals surface area contributed by atoms with E-state index in [-0.39, 0.29) is 11.6 Å². The molecule has 0 aliphatic heterocycles. The van der Waals surface area contributed by atoms with Gasteiger partial charge in [-0.1, -0.05) is 6.92 Å². The normalized spacial score (nSPS) is 16.5. The first-order valence-corrected chi connectivity index (χ1v) is 6.64. The van der Waals surface area contributed by atoms with Gasteiger partial charge in [-0.15, -0.1) is 0 Å². The number of nitrogens with one attached hydrogen (secondary N) is 1. The summed E-state index contributed by atoms with van der Waals surface area (Å²) >= 11 is 0. The number of ether oxygens (including phenoxy) is 1. The molecule has 18 heavy (non-hydrogen) atoms. The van der Waals surface area contributed by atoms with Gasteiger partial charge in [0.2, 0.25) is 0 Å². The number of hydrogen-bond acceptors (Lipinski definition) is 4. The number of aryl methyl sites for hydroxylation is 2. The van der Waals surface area contributed by atoms with E-state index >= 15 is 0 Å². The number of nitrogens with zero attached hydrogens (tertiary/aromatic N) is 2. The first-order chi connectivity index (χ1) is 8.57. The van der Waals surface area contributed by atoms with Gasteiger partial charge in [0.15, 0.2) is 0 Å². The van der Waals surface area contributed by atoms with Gasteiger partial charge in [0, 0.05) is 25.5 Å². The maximum absolute atomic E-state index is 5.87. The SMILES string of the molecule is CCOC(C)(CC)C(CCc1ccnn1C)NN. The fraction of sp³-hybridized carbons (Fsp3) is 0.769. The number of rotatable bonds is 8. The lowest BCUT2D eigenvalue weighted by Crippen LogP contribution is -2.53. The molecule has 3 N–H and O–H groups in total. The minimum atomic E-state index is -0.220. The highest BCUT2D eigenvalue weighted by Gasteiger charge is 2.32. The van der Waals surface area contributed by atoms with E-state index in [1.807, 2.05) is 30.9 Å². The summed E-state index contributed by atoms with van der Waals surface area (Å²) in [6.45, 7) is 6.96. The first kappa shape index (κ1) is 15.1. The zero-order valence-corrected chi connectivity index (χ0v) is 11.9. The first-order valence-electron chi connectivity index (χ1n) is 6.64. The molecule has 5 heteroatoms. The third-order valence-corrected chi connectivity index (χ3v) is 3.73. The predicted octanol–water partition coefficient (Wildman–Crippen LogP) is 1.39. The molecule has 0 spiro atoms. The Balaban J connectivity index is 2.63. The zero-order valence-electron chi connectivity index (χ0n) is 11.9. The van der Waals surface area contributed by atoms with Crippen molar-refractivity contribution in [2.45, 2.75) is 51.7 Å². The van der Waals surface area contributed by atoms with Crippen molar-refractivity contribution in [3.63, 3.8) is 0 Å². The van der Waals surface area contributed by atoms with Crippen molar-refractivity contribution in [3.05, 3.63) is 18.0 Å². The molecule has 0 bridgehead atoms. The van der Waals surface area contributed by atoms with Crippen molar-refractivity contribution in [3.8, 4) is 0 Å². The van der Waals surface area contributed by atoms with E-state index in [1.54, 1.807) is 0 Å². The lowest BCUT2D eigenvalue weighted by molar-refractivity contribution is -0.0570. The van der Waals surface area contributed by atoms with Gasteiger partial charge in [-0.05, 0) is 39.2 Å². The second kappa shape index (κ2) is 6.87. The summed E-state index contributed by atoms with van der Waals surface area (Å²) in [5.41, 5.74) is 3.90. The highest BCUT2D eigenvalue weighted by Crippen LogP contribution is 2.23. The fourth-order valence-corrected chi connectivity index (χ4v) is 2.28. The van der Waals surface area contributed by atoms with E-state index in [9.17, 15) is 0 Å². The van der Waals surface area contributed by atoms with Crippen molar-refractivity contribution in [2.75, 3.05) is 6.61 Å². The molecule has 1 rings (SSSR count). The van der Waals surface area contributed by atoms with Gasteiger partial charge in [-0.3, -0.25) is 16.0 Å². The van der Waals surface area contributed by atoms with Gasteiger partial charge < -0.3 is 4.74 Å². The molecular weight excluding hydrogens is 228 g/mol. The Labute approximate surface area is 110 Å². The molecule has 1 aromatic rings. The summed E-state index contributed by atoms with van der Waals surface area (Å²) in [5.74, 6) is 5.69. The van der Waals surface area contributed by atoms with Crippen LogP contribution in [-0.2, 0) is 18.2 Å². The second-order valence-corrected chi connectivity index (χ2v) is 4.80. The third-order valence-electron chi connectivity index (χ3n) is 3.73. The Morgan fingerprint density at radius 2 is 2.28 bits per heavy atom. The lowest BCUT2D eigenvalue weighted by Gasteiger charge is -2.36. The predicted molar refractivity (Wildman–Crippen MR) is 73.0 cm³/mol. The Bertz CT molecular complexity index is 353. The molecule has 1 heterocycles. The van der Waals surface area contributed by atoms with Gasteiger partial charge in [0.1, 0.15) is 0 Å². The highest BCUT2D eigenvalue weighted by molar-refractivity contribution is 5.01. The van der Waals surface area contributed by atoms with E-state index in [0.717, 1.165) is 19.3 Å². The summed E-state index contributed by atoms with van der Waals surface area (Å²) in [7, 11) is 1.96. The Morgan fingerprint density at radius 3 is 2.72 bits per heavy atom. The quantitative estimate of drug-likeness (QED) is 0.543. The van der Waals surface area contributed by atoms with Gasteiger partial charge >= 0.3 is 0 Å². The van der Waals surface area contributed by atoms with Crippen LogP contribution >= 0.6 is 0 Å². The molecule has 0 aromatic carbocycles. The molecule has 0 radical (unpaired) electrons. The Hall–Kier alpha value is -0.910. The largest absolute Gasteiger partial charge is 0.374 e. The number of nitrogens with two attached hydrogens (primary N) is 1. The highest BCUT2D eigenvalue weighted by atomic mass is 16.5. The van der Waals surface area contributed by atoms with E-state index in [4.69, 9.17) is 10.6 Å². The summed E-state index contributed by atoms with van der Waals surface area (Å²) in [5, 5.41) is 4.17. The summed E-state index contributed by atoms with van der Waals surface area (Å²) < 4.78 is 7.77. The van der Waals surface area contributed by atoms with Crippen LogP contribution in [0.25, 0.3) is 0 Å². The van der Waals surface area contributed by atoms with Gasteiger partial charge in [0.25, 0.3) is 0 Å². The van der Waals surface area contributed by atoms with Crippen LogP contribution in [0.4, 0.5) is 0 Å². The van der Waals surface area contributed by atoms with E-state index in [2.05, 4.69) is 24.4 Å². The van der Waals surface area contributed by atoms with Crippen LogP contribution in [0, 0.1) is 0 Å². The molecule has 2 atom stereocenters. The third kappa shape index (κ3) is 3.54.